The molecule has 0 fully saturated rings. The molecular formula is C40H28. The number of aryl methyl sites for hydroxylation is 1. The van der Waals surface area contributed by atoms with Crippen LogP contribution >= 0.6 is 0 Å². The van der Waals surface area contributed by atoms with E-state index in [-0.39, 0.29) is 0 Å². The molecule has 0 bridgehead atoms. The summed E-state index contributed by atoms with van der Waals surface area (Å²) in [5.74, 6) is 0. The van der Waals surface area contributed by atoms with Gasteiger partial charge in [-0.15, -0.1) is 0 Å². The summed E-state index contributed by atoms with van der Waals surface area (Å²) in [6.07, 6.45) is 6.86. The molecule has 1 aliphatic carbocycles. The Kier molecular flexibility index (Phi) is 5.38. The molecule has 0 heteroatoms. The fourth-order valence-electron chi connectivity index (χ4n) is 6.71. The molecule has 0 saturated carbocycles. The first-order valence-corrected chi connectivity index (χ1v) is 14.2. The molecule has 0 atom stereocenters. The number of allylic oxidation sites excluding steroid dienone is 1. The van der Waals surface area contributed by atoms with Crippen molar-refractivity contribution < 1.29 is 0 Å². The van der Waals surface area contributed by atoms with Crippen molar-refractivity contribution in [1.82, 2.24) is 0 Å². The molecule has 0 amide bonds. The fraction of sp³-hybridized carbons (Fsp3) is 0.0500. The highest BCUT2D eigenvalue weighted by atomic mass is 14.2. The zero-order valence-corrected chi connectivity index (χ0v) is 22.3. The van der Waals surface area contributed by atoms with Gasteiger partial charge < -0.3 is 0 Å². The second-order valence-corrected chi connectivity index (χ2v) is 10.8. The Hall–Kier alpha value is -4.94. The second-order valence-electron chi connectivity index (χ2n) is 10.8. The standard InChI is InChI=1S/C40H28/c1-2-14-29(15-3-1)39-35-20-8-9-21-36(35)40(34-23-11-17-28-13-5-7-19-32(28)34)37-25-24-30(26-38(37)39)33-22-10-16-27-12-4-6-18-31(27)33/h1-3,5-11,13-26H,4,12H2. The lowest BCUT2D eigenvalue weighted by atomic mass is 9.83. The van der Waals surface area contributed by atoms with Gasteiger partial charge in [0.15, 0.2) is 0 Å². The van der Waals surface area contributed by atoms with Crippen LogP contribution in [0.4, 0.5) is 0 Å². The van der Waals surface area contributed by atoms with Crippen molar-refractivity contribution in [3.8, 4) is 33.4 Å². The van der Waals surface area contributed by atoms with E-state index in [4.69, 9.17) is 0 Å². The van der Waals surface area contributed by atoms with Crippen molar-refractivity contribution in [2.75, 3.05) is 0 Å². The number of hydrogen-bond acceptors (Lipinski definition) is 0. The van der Waals surface area contributed by atoms with Gasteiger partial charge in [0.2, 0.25) is 0 Å². The van der Waals surface area contributed by atoms with Crippen LogP contribution in [0.25, 0.3) is 71.8 Å². The summed E-state index contributed by atoms with van der Waals surface area (Å²) in [5, 5.41) is 7.72. The van der Waals surface area contributed by atoms with Crippen LogP contribution in [-0.2, 0) is 6.42 Å². The van der Waals surface area contributed by atoms with E-state index in [2.05, 4.69) is 146 Å². The predicted octanol–water partition coefficient (Wildman–Crippen LogP) is 11.1. The van der Waals surface area contributed by atoms with Gasteiger partial charge in [0.05, 0.1) is 0 Å². The largest absolute Gasteiger partial charge is 0.0836 e. The van der Waals surface area contributed by atoms with Crippen LogP contribution in [-0.4, -0.2) is 0 Å². The zero-order chi connectivity index (χ0) is 26.5. The van der Waals surface area contributed by atoms with Crippen LogP contribution < -0.4 is 0 Å². The van der Waals surface area contributed by atoms with E-state index >= 15 is 0 Å². The third kappa shape index (κ3) is 3.61. The van der Waals surface area contributed by atoms with Gasteiger partial charge in [-0.2, -0.15) is 0 Å². The lowest BCUT2D eigenvalue weighted by Crippen LogP contribution is -1.97. The first kappa shape index (κ1) is 23.0. The monoisotopic (exact) mass is 508 g/mol. The van der Waals surface area contributed by atoms with E-state index in [1.54, 1.807) is 0 Å². The van der Waals surface area contributed by atoms with Gasteiger partial charge in [-0.1, -0.05) is 140 Å². The van der Waals surface area contributed by atoms with E-state index < -0.39 is 0 Å². The quantitative estimate of drug-likeness (QED) is 0.208. The van der Waals surface area contributed by atoms with Gasteiger partial charge in [0, 0.05) is 0 Å². The van der Waals surface area contributed by atoms with Gasteiger partial charge >= 0.3 is 0 Å². The molecule has 0 heterocycles. The maximum Gasteiger partial charge on any atom is -0.00201 e. The molecule has 0 saturated heterocycles. The molecule has 0 aromatic heterocycles. The maximum atomic E-state index is 2.44. The average Bonchev–Trinajstić information content (AvgIpc) is 3.03. The first-order chi connectivity index (χ1) is 19.9. The van der Waals surface area contributed by atoms with Gasteiger partial charge in [-0.3, -0.25) is 0 Å². The van der Waals surface area contributed by atoms with Crippen LogP contribution in [0, 0.1) is 0 Å². The highest BCUT2D eigenvalue weighted by molar-refractivity contribution is 6.24. The minimum Gasteiger partial charge on any atom is -0.0836 e. The summed E-state index contributed by atoms with van der Waals surface area (Å²) < 4.78 is 0. The maximum absolute atomic E-state index is 2.44. The van der Waals surface area contributed by atoms with E-state index in [0.717, 1.165) is 12.8 Å². The Morgan fingerprint density at radius 3 is 1.98 bits per heavy atom. The minimum atomic E-state index is 1.11. The van der Waals surface area contributed by atoms with Crippen molar-refractivity contribution in [1.29, 1.82) is 0 Å². The predicted molar refractivity (Wildman–Crippen MR) is 173 cm³/mol. The van der Waals surface area contributed by atoms with E-state index in [0.29, 0.717) is 0 Å². The molecule has 0 radical (unpaired) electrons. The van der Waals surface area contributed by atoms with Crippen LogP contribution in [0.1, 0.15) is 17.5 Å². The highest BCUT2D eigenvalue weighted by Crippen LogP contribution is 2.46. The lowest BCUT2D eigenvalue weighted by molar-refractivity contribution is 0.986. The molecule has 7 aromatic rings. The molecule has 0 unspecified atom stereocenters. The second kappa shape index (κ2) is 9.36. The van der Waals surface area contributed by atoms with E-state index in [1.807, 2.05) is 0 Å². The molecule has 0 N–H and O–H groups in total. The van der Waals surface area contributed by atoms with E-state index in [9.17, 15) is 0 Å². The lowest BCUT2D eigenvalue weighted by Gasteiger charge is -2.20. The van der Waals surface area contributed by atoms with Crippen molar-refractivity contribution in [2.45, 2.75) is 12.8 Å². The van der Waals surface area contributed by atoms with Crippen molar-refractivity contribution >= 4 is 38.4 Å². The van der Waals surface area contributed by atoms with Crippen molar-refractivity contribution in [3.05, 3.63) is 151 Å². The third-order valence-electron chi connectivity index (χ3n) is 8.52. The Morgan fingerprint density at radius 1 is 0.425 bits per heavy atom. The zero-order valence-electron chi connectivity index (χ0n) is 22.3. The van der Waals surface area contributed by atoms with Crippen molar-refractivity contribution in [2.24, 2.45) is 0 Å². The molecule has 0 spiro atoms. The molecule has 1 aliphatic rings. The number of benzene rings is 7. The smallest absolute Gasteiger partial charge is 0.00201 e. The van der Waals surface area contributed by atoms with E-state index in [1.165, 1.54) is 76.8 Å². The summed E-state index contributed by atoms with van der Waals surface area (Å²) in [7, 11) is 0. The van der Waals surface area contributed by atoms with Gasteiger partial charge in [-0.05, 0) is 95.7 Å². The molecular weight excluding hydrogens is 480 g/mol. The van der Waals surface area contributed by atoms with Crippen LogP contribution in [0.3, 0.4) is 0 Å². The minimum absolute atomic E-state index is 1.11. The molecule has 0 nitrogen and oxygen atoms in total. The molecule has 188 valence electrons. The SMILES string of the molecule is C1=Cc2c(cccc2-c2ccc3c(-c4cccc5ccccc45)c4ccccc4c(-c4ccccc4)c3c2)CC1. The summed E-state index contributed by atoms with van der Waals surface area (Å²) in [6.45, 7) is 0. The molecule has 8 rings (SSSR count). The summed E-state index contributed by atoms with van der Waals surface area (Å²) in [6, 6.07) is 49.2. The number of rotatable bonds is 3. The normalized spacial score (nSPS) is 12.7. The van der Waals surface area contributed by atoms with Gasteiger partial charge in [0.25, 0.3) is 0 Å². The van der Waals surface area contributed by atoms with Crippen LogP contribution in [0.15, 0.2) is 140 Å². The summed E-state index contributed by atoms with van der Waals surface area (Å²) in [4.78, 5) is 0. The summed E-state index contributed by atoms with van der Waals surface area (Å²) in [5.41, 5.74) is 10.5. The van der Waals surface area contributed by atoms with Gasteiger partial charge in [0.1, 0.15) is 0 Å². The fourth-order valence-corrected chi connectivity index (χ4v) is 6.71. The molecule has 7 aromatic carbocycles. The number of fused-ring (bicyclic) bond motifs is 4. The Labute approximate surface area is 234 Å². The van der Waals surface area contributed by atoms with Crippen LogP contribution in [0.2, 0.25) is 0 Å². The molecule has 40 heavy (non-hydrogen) atoms. The number of hydrogen-bond donors (Lipinski definition) is 0. The Morgan fingerprint density at radius 2 is 1.10 bits per heavy atom. The van der Waals surface area contributed by atoms with Crippen LogP contribution in [0.5, 0.6) is 0 Å². The summed E-state index contributed by atoms with van der Waals surface area (Å²) >= 11 is 0. The third-order valence-corrected chi connectivity index (χ3v) is 8.52. The Bertz CT molecular complexity index is 2090. The van der Waals surface area contributed by atoms with Crippen molar-refractivity contribution in [3.63, 3.8) is 0 Å². The molecule has 0 aliphatic heterocycles. The topological polar surface area (TPSA) is 0 Å². The highest BCUT2D eigenvalue weighted by Gasteiger charge is 2.19. The average molecular weight is 509 g/mol. The van der Waals surface area contributed by atoms with Gasteiger partial charge in [-0.25, -0.2) is 0 Å². The first-order valence-electron chi connectivity index (χ1n) is 14.2. The Balaban J connectivity index is 1.53.